The lowest BCUT2D eigenvalue weighted by Crippen LogP contribution is -2.47. The summed E-state index contributed by atoms with van der Waals surface area (Å²) in [5.74, 6) is 0. The van der Waals surface area contributed by atoms with Gasteiger partial charge in [0, 0.05) is 13.1 Å². The molecule has 3 rings (SSSR count). The van der Waals surface area contributed by atoms with Gasteiger partial charge in [0.05, 0.1) is 29.4 Å². The van der Waals surface area contributed by atoms with Crippen molar-refractivity contribution in [2.45, 2.75) is 38.8 Å². The first-order valence-corrected chi connectivity index (χ1v) is 7.75. The standard InChI is InChI=1S/C17H23N3O2/c1-12-8-13(2)15-14(9-12)16(21)20(11-18-15)10-17(22)4-6-19(3)7-5-17/h8-9,11,22H,4-7,10H2,1-3H3. The fourth-order valence-corrected chi connectivity index (χ4v) is 3.25. The molecule has 0 atom stereocenters. The minimum Gasteiger partial charge on any atom is -0.388 e. The number of piperidine rings is 1. The molecule has 0 bridgehead atoms. The van der Waals surface area contributed by atoms with Crippen LogP contribution in [0.3, 0.4) is 0 Å². The zero-order valence-corrected chi connectivity index (χ0v) is 13.5. The van der Waals surface area contributed by atoms with E-state index in [0.717, 1.165) is 29.7 Å². The molecule has 0 spiro atoms. The average molecular weight is 301 g/mol. The molecule has 1 N–H and O–H groups in total. The van der Waals surface area contributed by atoms with Crippen LogP contribution in [0.2, 0.25) is 0 Å². The van der Waals surface area contributed by atoms with Gasteiger partial charge in [0.15, 0.2) is 0 Å². The number of aliphatic hydroxyl groups is 1. The lowest BCUT2D eigenvalue weighted by molar-refractivity contribution is -0.0298. The maximum Gasteiger partial charge on any atom is 0.261 e. The fourth-order valence-electron chi connectivity index (χ4n) is 3.25. The maximum absolute atomic E-state index is 12.7. The zero-order chi connectivity index (χ0) is 15.9. The van der Waals surface area contributed by atoms with Crippen LogP contribution in [0.25, 0.3) is 10.9 Å². The third kappa shape index (κ3) is 2.78. The quantitative estimate of drug-likeness (QED) is 0.912. The molecule has 0 saturated carbocycles. The molecule has 2 heterocycles. The molecule has 5 heteroatoms. The van der Waals surface area contributed by atoms with E-state index < -0.39 is 5.60 Å². The highest BCUT2D eigenvalue weighted by Gasteiger charge is 2.32. The van der Waals surface area contributed by atoms with Gasteiger partial charge in [0.2, 0.25) is 0 Å². The van der Waals surface area contributed by atoms with E-state index in [9.17, 15) is 9.90 Å². The van der Waals surface area contributed by atoms with E-state index in [-0.39, 0.29) is 5.56 Å². The van der Waals surface area contributed by atoms with Gasteiger partial charge < -0.3 is 10.0 Å². The molecule has 1 aliphatic heterocycles. The molecule has 1 aromatic heterocycles. The highest BCUT2D eigenvalue weighted by atomic mass is 16.3. The summed E-state index contributed by atoms with van der Waals surface area (Å²) in [4.78, 5) is 19.3. The molecule has 0 aliphatic carbocycles. The Morgan fingerprint density at radius 3 is 2.64 bits per heavy atom. The van der Waals surface area contributed by atoms with E-state index in [2.05, 4.69) is 16.9 Å². The van der Waals surface area contributed by atoms with Crippen molar-refractivity contribution in [2.75, 3.05) is 20.1 Å². The largest absolute Gasteiger partial charge is 0.388 e. The Hall–Kier alpha value is -1.72. The summed E-state index contributed by atoms with van der Waals surface area (Å²) < 4.78 is 1.56. The first-order valence-electron chi connectivity index (χ1n) is 7.75. The fraction of sp³-hybridized carbons (Fsp3) is 0.529. The van der Waals surface area contributed by atoms with Gasteiger partial charge in [-0.3, -0.25) is 9.36 Å². The Morgan fingerprint density at radius 2 is 1.95 bits per heavy atom. The molecule has 118 valence electrons. The summed E-state index contributed by atoms with van der Waals surface area (Å²) in [6.45, 7) is 5.97. The van der Waals surface area contributed by atoms with Crippen LogP contribution in [0.15, 0.2) is 23.3 Å². The van der Waals surface area contributed by atoms with Crippen molar-refractivity contribution in [1.29, 1.82) is 0 Å². The number of aromatic nitrogens is 2. The van der Waals surface area contributed by atoms with Crippen molar-refractivity contribution in [2.24, 2.45) is 0 Å². The molecule has 2 aromatic rings. The summed E-state index contributed by atoms with van der Waals surface area (Å²) in [7, 11) is 2.05. The van der Waals surface area contributed by atoms with E-state index in [0.29, 0.717) is 24.8 Å². The van der Waals surface area contributed by atoms with E-state index in [1.165, 1.54) is 0 Å². The second-order valence-corrected chi connectivity index (χ2v) is 6.68. The Labute approximate surface area is 130 Å². The van der Waals surface area contributed by atoms with Crippen LogP contribution in [-0.4, -0.2) is 45.3 Å². The molecule has 1 aromatic carbocycles. The van der Waals surface area contributed by atoms with Crippen LogP contribution in [-0.2, 0) is 6.54 Å². The van der Waals surface area contributed by atoms with Crippen molar-refractivity contribution < 1.29 is 5.11 Å². The smallest absolute Gasteiger partial charge is 0.261 e. The Morgan fingerprint density at radius 1 is 1.27 bits per heavy atom. The number of aryl methyl sites for hydroxylation is 2. The number of rotatable bonds is 2. The van der Waals surface area contributed by atoms with E-state index in [1.54, 1.807) is 10.9 Å². The van der Waals surface area contributed by atoms with Gasteiger partial charge >= 0.3 is 0 Å². The first-order chi connectivity index (χ1) is 10.4. The monoisotopic (exact) mass is 301 g/mol. The summed E-state index contributed by atoms with van der Waals surface area (Å²) in [5.41, 5.74) is 1.94. The Balaban J connectivity index is 1.98. The van der Waals surface area contributed by atoms with Gasteiger partial charge in [-0.2, -0.15) is 0 Å². The third-order valence-corrected chi connectivity index (χ3v) is 4.64. The van der Waals surface area contributed by atoms with E-state index >= 15 is 0 Å². The van der Waals surface area contributed by atoms with Crippen molar-refractivity contribution in [3.8, 4) is 0 Å². The van der Waals surface area contributed by atoms with Crippen molar-refractivity contribution in [3.63, 3.8) is 0 Å². The van der Waals surface area contributed by atoms with Crippen LogP contribution in [0, 0.1) is 13.8 Å². The van der Waals surface area contributed by atoms with Crippen molar-refractivity contribution in [3.05, 3.63) is 39.9 Å². The minimum atomic E-state index is -0.815. The molecule has 1 fully saturated rings. The molecule has 1 saturated heterocycles. The summed E-state index contributed by atoms with van der Waals surface area (Å²) in [6, 6.07) is 3.91. The SMILES string of the molecule is Cc1cc(C)c2ncn(CC3(O)CCN(C)CC3)c(=O)c2c1. The van der Waals surface area contributed by atoms with Gasteiger partial charge in [-0.05, 0) is 50.9 Å². The lowest BCUT2D eigenvalue weighted by atomic mass is 9.91. The third-order valence-electron chi connectivity index (χ3n) is 4.64. The summed E-state index contributed by atoms with van der Waals surface area (Å²) in [5, 5.41) is 11.4. The van der Waals surface area contributed by atoms with Crippen molar-refractivity contribution in [1.82, 2.24) is 14.5 Å². The number of nitrogens with zero attached hydrogens (tertiary/aromatic N) is 3. The predicted molar refractivity (Wildman–Crippen MR) is 87.2 cm³/mol. The number of fused-ring (bicyclic) bond motifs is 1. The summed E-state index contributed by atoms with van der Waals surface area (Å²) in [6.07, 6.45) is 2.94. The number of likely N-dealkylation sites (tertiary alicyclic amines) is 1. The van der Waals surface area contributed by atoms with Crippen LogP contribution >= 0.6 is 0 Å². The highest BCUT2D eigenvalue weighted by molar-refractivity contribution is 5.81. The Kier molecular flexibility index (Phi) is 3.78. The second kappa shape index (κ2) is 5.48. The predicted octanol–water partition coefficient (Wildman–Crippen LogP) is 1.47. The molecule has 5 nitrogen and oxygen atoms in total. The highest BCUT2D eigenvalue weighted by Crippen LogP contribution is 2.23. The van der Waals surface area contributed by atoms with Gasteiger partial charge in [-0.15, -0.1) is 0 Å². The molecule has 22 heavy (non-hydrogen) atoms. The van der Waals surface area contributed by atoms with E-state index in [4.69, 9.17) is 0 Å². The molecular weight excluding hydrogens is 278 g/mol. The van der Waals surface area contributed by atoms with Gasteiger partial charge in [-0.25, -0.2) is 4.98 Å². The molecule has 0 radical (unpaired) electrons. The van der Waals surface area contributed by atoms with Gasteiger partial charge in [0.1, 0.15) is 0 Å². The minimum absolute atomic E-state index is 0.0656. The van der Waals surface area contributed by atoms with Crippen LogP contribution < -0.4 is 5.56 Å². The first kappa shape index (κ1) is 15.2. The topological polar surface area (TPSA) is 58.4 Å². The van der Waals surface area contributed by atoms with Crippen LogP contribution in [0.1, 0.15) is 24.0 Å². The molecular formula is C17H23N3O2. The van der Waals surface area contributed by atoms with Gasteiger partial charge in [-0.1, -0.05) is 6.07 Å². The second-order valence-electron chi connectivity index (χ2n) is 6.68. The van der Waals surface area contributed by atoms with E-state index in [1.807, 2.05) is 26.0 Å². The summed E-state index contributed by atoms with van der Waals surface area (Å²) >= 11 is 0. The van der Waals surface area contributed by atoms with Crippen LogP contribution in [0.5, 0.6) is 0 Å². The average Bonchev–Trinajstić information content (AvgIpc) is 2.46. The van der Waals surface area contributed by atoms with Crippen molar-refractivity contribution >= 4 is 10.9 Å². The molecule has 1 aliphatic rings. The number of hydrogen-bond acceptors (Lipinski definition) is 4. The number of hydrogen-bond donors (Lipinski definition) is 1. The van der Waals surface area contributed by atoms with Gasteiger partial charge in [0.25, 0.3) is 5.56 Å². The zero-order valence-electron chi connectivity index (χ0n) is 13.5. The number of benzene rings is 1. The lowest BCUT2D eigenvalue weighted by Gasteiger charge is -2.36. The maximum atomic E-state index is 12.7. The van der Waals surface area contributed by atoms with Crippen LogP contribution in [0.4, 0.5) is 0 Å². The molecule has 0 amide bonds. The molecule has 0 unspecified atom stereocenters. The Bertz CT molecular complexity index is 758. The normalized spacial score (nSPS) is 18.7.